The molecule has 1 aromatic rings. The van der Waals surface area contributed by atoms with Crippen LogP contribution in [0.15, 0.2) is 18.2 Å². The van der Waals surface area contributed by atoms with E-state index >= 15 is 0 Å². The number of nitrogens with two attached hydrogens (primary N) is 1. The molecule has 106 valence electrons. The summed E-state index contributed by atoms with van der Waals surface area (Å²) in [6.07, 6.45) is 2.18. The lowest BCUT2D eigenvalue weighted by Gasteiger charge is -2.22. The van der Waals surface area contributed by atoms with Crippen LogP contribution in [-0.2, 0) is 11.2 Å². The highest BCUT2D eigenvalue weighted by atomic mass is 16.5. The van der Waals surface area contributed by atoms with Crippen LogP contribution in [0.25, 0.3) is 0 Å². The second-order valence-corrected chi connectivity index (χ2v) is 5.86. The van der Waals surface area contributed by atoms with Gasteiger partial charge in [-0.15, -0.1) is 0 Å². The molecule has 1 aromatic carbocycles. The van der Waals surface area contributed by atoms with Gasteiger partial charge in [-0.1, -0.05) is 12.1 Å². The molecule has 2 atom stereocenters. The lowest BCUT2D eigenvalue weighted by atomic mass is 10.0. The maximum absolute atomic E-state index is 5.86. The summed E-state index contributed by atoms with van der Waals surface area (Å²) in [6, 6.07) is 6.98. The first kappa shape index (κ1) is 14.4. The molecule has 1 fully saturated rings. The molecule has 0 amide bonds. The van der Waals surface area contributed by atoms with Gasteiger partial charge in [0.15, 0.2) is 0 Å². The van der Waals surface area contributed by atoms with Crippen molar-refractivity contribution in [1.29, 1.82) is 0 Å². The summed E-state index contributed by atoms with van der Waals surface area (Å²) in [5.74, 6) is 0.674. The molecule has 1 saturated heterocycles. The molecular weight excluding hydrogens is 236 g/mol. The van der Waals surface area contributed by atoms with Gasteiger partial charge in [-0.25, -0.2) is 0 Å². The van der Waals surface area contributed by atoms with Gasteiger partial charge < -0.3 is 15.4 Å². The van der Waals surface area contributed by atoms with E-state index in [0.29, 0.717) is 5.92 Å². The number of methoxy groups -OCH3 is 1. The van der Waals surface area contributed by atoms with E-state index in [0.717, 1.165) is 26.1 Å². The van der Waals surface area contributed by atoms with Crippen LogP contribution in [-0.4, -0.2) is 32.8 Å². The number of anilines is 1. The van der Waals surface area contributed by atoms with Gasteiger partial charge in [0.2, 0.25) is 0 Å². The number of benzene rings is 1. The quantitative estimate of drug-likeness (QED) is 0.885. The third-order valence-electron chi connectivity index (χ3n) is 3.85. The molecular formula is C16H26N2O. The van der Waals surface area contributed by atoms with E-state index < -0.39 is 0 Å². The van der Waals surface area contributed by atoms with Crippen LogP contribution in [0.5, 0.6) is 0 Å². The van der Waals surface area contributed by atoms with Gasteiger partial charge in [-0.2, -0.15) is 0 Å². The highest BCUT2D eigenvalue weighted by molar-refractivity contribution is 5.55. The predicted molar refractivity (Wildman–Crippen MR) is 80.7 cm³/mol. The van der Waals surface area contributed by atoms with E-state index in [9.17, 15) is 0 Å². The molecule has 2 rings (SSSR count). The zero-order chi connectivity index (χ0) is 13.8. The first-order valence-corrected chi connectivity index (χ1v) is 7.19. The van der Waals surface area contributed by atoms with Crippen molar-refractivity contribution in [2.75, 3.05) is 31.7 Å². The van der Waals surface area contributed by atoms with E-state index in [2.05, 4.69) is 36.9 Å². The number of aryl methyl sites for hydroxylation is 1. The third-order valence-corrected chi connectivity index (χ3v) is 3.85. The van der Waals surface area contributed by atoms with Crippen molar-refractivity contribution in [3.8, 4) is 0 Å². The Morgan fingerprint density at radius 1 is 1.47 bits per heavy atom. The molecule has 3 heteroatoms. The second-order valence-electron chi connectivity index (χ2n) is 5.86. The van der Waals surface area contributed by atoms with Crippen LogP contribution >= 0.6 is 0 Å². The Hall–Kier alpha value is -1.06. The maximum Gasteiger partial charge on any atom is 0.0508 e. The zero-order valence-corrected chi connectivity index (χ0v) is 12.4. The summed E-state index contributed by atoms with van der Waals surface area (Å²) in [5, 5.41) is 0. The van der Waals surface area contributed by atoms with Crippen molar-refractivity contribution in [3.63, 3.8) is 0 Å². The first-order chi connectivity index (χ1) is 9.10. The SMILES string of the molecule is COCC1CCN(c2ccc(CC(C)N)cc2C)C1. The molecule has 3 nitrogen and oxygen atoms in total. The number of hydrogen-bond acceptors (Lipinski definition) is 3. The van der Waals surface area contributed by atoms with Crippen molar-refractivity contribution >= 4 is 5.69 Å². The first-order valence-electron chi connectivity index (χ1n) is 7.19. The average Bonchev–Trinajstić information content (AvgIpc) is 2.77. The van der Waals surface area contributed by atoms with Crippen LogP contribution in [0.3, 0.4) is 0 Å². The fourth-order valence-electron chi connectivity index (χ4n) is 2.99. The molecule has 0 aliphatic carbocycles. The Morgan fingerprint density at radius 3 is 2.89 bits per heavy atom. The Balaban J connectivity index is 2.05. The van der Waals surface area contributed by atoms with Gasteiger partial charge in [0.25, 0.3) is 0 Å². The van der Waals surface area contributed by atoms with E-state index in [1.807, 2.05) is 0 Å². The highest BCUT2D eigenvalue weighted by Gasteiger charge is 2.23. The second kappa shape index (κ2) is 6.40. The average molecular weight is 262 g/mol. The summed E-state index contributed by atoms with van der Waals surface area (Å²) in [7, 11) is 1.79. The van der Waals surface area contributed by atoms with Crippen LogP contribution in [0.4, 0.5) is 5.69 Å². The number of rotatable bonds is 5. The largest absolute Gasteiger partial charge is 0.384 e. The van der Waals surface area contributed by atoms with E-state index in [-0.39, 0.29) is 6.04 Å². The summed E-state index contributed by atoms with van der Waals surface area (Å²) < 4.78 is 5.26. The maximum atomic E-state index is 5.86. The molecule has 1 aliphatic heterocycles. The molecule has 19 heavy (non-hydrogen) atoms. The molecule has 0 radical (unpaired) electrons. The number of nitrogens with zero attached hydrogens (tertiary/aromatic N) is 1. The van der Waals surface area contributed by atoms with Gasteiger partial charge in [0, 0.05) is 37.8 Å². The van der Waals surface area contributed by atoms with Crippen molar-refractivity contribution in [3.05, 3.63) is 29.3 Å². The molecule has 0 saturated carbocycles. The predicted octanol–water partition coefficient (Wildman–Crippen LogP) is 2.36. The van der Waals surface area contributed by atoms with Crippen molar-refractivity contribution in [2.45, 2.75) is 32.7 Å². The van der Waals surface area contributed by atoms with Crippen LogP contribution in [0.1, 0.15) is 24.5 Å². The van der Waals surface area contributed by atoms with Crippen LogP contribution < -0.4 is 10.6 Å². The van der Waals surface area contributed by atoms with E-state index in [4.69, 9.17) is 10.5 Å². The Kier molecular flexibility index (Phi) is 4.83. The smallest absolute Gasteiger partial charge is 0.0508 e. The van der Waals surface area contributed by atoms with Crippen LogP contribution in [0.2, 0.25) is 0 Å². The van der Waals surface area contributed by atoms with E-state index in [1.54, 1.807) is 7.11 Å². The fraction of sp³-hybridized carbons (Fsp3) is 0.625. The normalized spacial score (nSPS) is 20.8. The zero-order valence-electron chi connectivity index (χ0n) is 12.4. The van der Waals surface area contributed by atoms with Gasteiger partial charge in [-0.05, 0) is 43.9 Å². The summed E-state index contributed by atoms with van der Waals surface area (Å²) in [5.41, 5.74) is 9.92. The minimum Gasteiger partial charge on any atom is -0.384 e. The minimum atomic E-state index is 0.225. The molecule has 0 aromatic heterocycles. The fourth-order valence-corrected chi connectivity index (χ4v) is 2.99. The van der Waals surface area contributed by atoms with Crippen molar-refractivity contribution in [1.82, 2.24) is 0 Å². The molecule has 1 aliphatic rings. The molecule has 2 N–H and O–H groups in total. The highest BCUT2D eigenvalue weighted by Crippen LogP contribution is 2.27. The molecule has 2 unspecified atom stereocenters. The molecule has 1 heterocycles. The van der Waals surface area contributed by atoms with Crippen molar-refractivity contribution < 1.29 is 4.74 Å². The van der Waals surface area contributed by atoms with Gasteiger partial charge in [0.05, 0.1) is 6.61 Å². The standard InChI is InChI=1S/C16H26N2O/c1-12-8-14(9-13(2)17)4-5-16(12)18-7-6-15(10-18)11-19-3/h4-5,8,13,15H,6-7,9-11,17H2,1-3H3. The Bertz CT molecular complexity index is 417. The van der Waals surface area contributed by atoms with Gasteiger partial charge in [-0.3, -0.25) is 0 Å². The summed E-state index contributed by atoms with van der Waals surface area (Å²) in [6.45, 7) is 7.38. The summed E-state index contributed by atoms with van der Waals surface area (Å²) in [4.78, 5) is 2.48. The minimum absolute atomic E-state index is 0.225. The van der Waals surface area contributed by atoms with Gasteiger partial charge in [0.1, 0.15) is 0 Å². The number of ether oxygens (including phenoxy) is 1. The lowest BCUT2D eigenvalue weighted by Crippen LogP contribution is -2.22. The molecule has 0 spiro atoms. The Labute approximate surface area is 116 Å². The third kappa shape index (κ3) is 3.71. The molecule has 0 bridgehead atoms. The van der Waals surface area contributed by atoms with Crippen LogP contribution in [0, 0.1) is 12.8 Å². The van der Waals surface area contributed by atoms with E-state index in [1.165, 1.54) is 23.2 Å². The monoisotopic (exact) mass is 262 g/mol. The lowest BCUT2D eigenvalue weighted by molar-refractivity contribution is 0.161. The van der Waals surface area contributed by atoms with Gasteiger partial charge >= 0.3 is 0 Å². The summed E-state index contributed by atoms with van der Waals surface area (Å²) >= 11 is 0. The Morgan fingerprint density at radius 2 is 2.26 bits per heavy atom. The number of hydrogen-bond donors (Lipinski definition) is 1. The van der Waals surface area contributed by atoms with Crippen molar-refractivity contribution in [2.24, 2.45) is 11.7 Å². The topological polar surface area (TPSA) is 38.5 Å².